The van der Waals surface area contributed by atoms with E-state index in [9.17, 15) is 14.7 Å². The Morgan fingerprint density at radius 3 is 2.75 bits per heavy atom. The van der Waals surface area contributed by atoms with Gasteiger partial charge in [-0.2, -0.15) is 5.26 Å². The highest BCUT2D eigenvalue weighted by Crippen LogP contribution is 2.27. The van der Waals surface area contributed by atoms with Crippen molar-refractivity contribution in [1.29, 1.82) is 5.26 Å². The van der Waals surface area contributed by atoms with Crippen LogP contribution in [0.2, 0.25) is 0 Å². The summed E-state index contributed by atoms with van der Waals surface area (Å²) in [7, 11) is 0. The number of phenolic OH excluding ortho intramolecular Hbond substituents is 1. The highest BCUT2D eigenvalue weighted by atomic mass is 16.6. The molecule has 0 saturated heterocycles. The van der Waals surface area contributed by atoms with E-state index in [-0.39, 0.29) is 30.3 Å². The van der Waals surface area contributed by atoms with Crippen molar-refractivity contribution in [3.63, 3.8) is 0 Å². The number of phenols is 1. The number of nitrogens with zero attached hydrogens (tertiary/aromatic N) is 1. The first-order valence-electron chi connectivity index (χ1n) is 8.58. The highest BCUT2D eigenvalue weighted by molar-refractivity contribution is 5.83. The summed E-state index contributed by atoms with van der Waals surface area (Å²) in [4.78, 5) is 23.8. The van der Waals surface area contributed by atoms with Crippen molar-refractivity contribution in [2.75, 3.05) is 6.61 Å². The number of hydrogen-bond acceptors (Lipinski definition) is 7. The molecule has 0 saturated carbocycles. The number of hydrogen-bond donors (Lipinski definition) is 1. The second-order valence-corrected chi connectivity index (χ2v) is 5.98. The van der Waals surface area contributed by atoms with Crippen LogP contribution in [0.15, 0.2) is 51.7 Å². The standard InChI is InChI=1S/C21H17NO6/c1-2-13-7-16-15(8-20(24)28-19(16)9-17(13)23)11-27-21(25)12-26-18-6-4-3-5-14(18)10-22/h3-9,23H,2,11-12H2,1H3. The third-order valence-electron chi connectivity index (χ3n) is 4.15. The third-order valence-corrected chi connectivity index (χ3v) is 4.15. The highest BCUT2D eigenvalue weighted by Gasteiger charge is 2.13. The first-order chi connectivity index (χ1) is 13.5. The molecule has 0 aliphatic carbocycles. The van der Waals surface area contributed by atoms with Crippen molar-refractivity contribution in [2.45, 2.75) is 20.0 Å². The third kappa shape index (κ3) is 4.13. The van der Waals surface area contributed by atoms with E-state index in [2.05, 4.69) is 0 Å². The summed E-state index contributed by atoms with van der Waals surface area (Å²) in [5.41, 5.74) is 1.07. The zero-order chi connectivity index (χ0) is 20.1. The quantitative estimate of drug-likeness (QED) is 0.518. The maximum absolute atomic E-state index is 12.0. The van der Waals surface area contributed by atoms with Crippen LogP contribution in [0.25, 0.3) is 11.0 Å². The first-order valence-corrected chi connectivity index (χ1v) is 8.58. The van der Waals surface area contributed by atoms with E-state index in [1.54, 1.807) is 30.3 Å². The van der Waals surface area contributed by atoms with Gasteiger partial charge in [-0.3, -0.25) is 0 Å². The molecular formula is C21H17NO6. The van der Waals surface area contributed by atoms with Crippen molar-refractivity contribution in [3.8, 4) is 17.6 Å². The number of ether oxygens (including phenoxy) is 2. The van der Waals surface area contributed by atoms with Crippen LogP contribution >= 0.6 is 0 Å². The molecule has 0 fully saturated rings. The van der Waals surface area contributed by atoms with E-state index >= 15 is 0 Å². The molecule has 2 aromatic carbocycles. The number of esters is 1. The van der Waals surface area contributed by atoms with Gasteiger partial charge in [0.1, 0.15) is 29.8 Å². The van der Waals surface area contributed by atoms with E-state index in [1.807, 2.05) is 13.0 Å². The Bertz CT molecular complexity index is 1130. The predicted molar refractivity (Wildman–Crippen MR) is 100.0 cm³/mol. The van der Waals surface area contributed by atoms with Crippen molar-refractivity contribution >= 4 is 16.9 Å². The summed E-state index contributed by atoms with van der Waals surface area (Å²) < 4.78 is 15.6. The molecule has 28 heavy (non-hydrogen) atoms. The maximum Gasteiger partial charge on any atom is 0.344 e. The molecule has 1 N–H and O–H groups in total. The molecule has 0 unspecified atom stereocenters. The van der Waals surface area contributed by atoms with Crippen LogP contribution in [0.1, 0.15) is 23.6 Å². The van der Waals surface area contributed by atoms with E-state index < -0.39 is 11.6 Å². The summed E-state index contributed by atoms with van der Waals surface area (Å²) in [6.07, 6.45) is 0.590. The zero-order valence-corrected chi connectivity index (χ0v) is 15.1. The van der Waals surface area contributed by atoms with Crippen LogP contribution < -0.4 is 10.4 Å². The van der Waals surface area contributed by atoms with E-state index in [1.165, 1.54) is 12.1 Å². The van der Waals surface area contributed by atoms with Gasteiger partial charge in [-0.25, -0.2) is 9.59 Å². The number of para-hydroxylation sites is 1. The fourth-order valence-corrected chi connectivity index (χ4v) is 2.73. The minimum atomic E-state index is -0.649. The molecule has 7 heteroatoms. The van der Waals surface area contributed by atoms with Crippen molar-refractivity contribution in [3.05, 3.63) is 69.6 Å². The molecule has 7 nitrogen and oxygen atoms in total. The number of fused-ring (bicyclic) bond motifs is 1. The number of nitriles is 1. The van der Waals surface area contributed by atoms with Gasteiger partial charge in [-0.15, -0.1) is 0 Å². The Labute approximate surface area is 160 Å². The predicted octanol–water partition coefficient (Wildman–Crippen LogP) is 3.05. The Balaban J connectivity index is 1.73. The summed E-state index contributed by atoms with van der Waals surface area (Å²) in [5, 5.41) is 19.5. The monoisotopic (exact) mass is 379 g/mol. The molecule has 0 aliphatic heterocycles. The second-order valence-electron chi connectivity index (χ2n) is 5.98. The molecule has 0 atom stereocenters. The molecule has 3 aromatic rings. The van der Waals surface area contributed by atoms with Gasteiger partial charge in [0.05, 0.1) is 5.56 Å². The molecule has 142 valence electrons. The molecule has 1 heterocycles. The molecule has 1 aromatic heterocycles. The van der Waals surface area contributed by atoms with Crippen molar-refractivity contribution < 1.29 is 23.8 Å². The van der Waals surface area contributed by atoms with Gasteiger partial charge >= 0.3 is 11.6 Å². The van der Waals surface area contributed by atoms with E-state index in [4.69, 9.17) is 19.2 Å². The summed E-state index contributed by atoms with van der Waals surface area (Å²) >= 11 is 0. The van der Waals surface area contributed by atoms with Gasteiger partial charge < -0.3 is 19.0 Å². The van der Waals surface area contributed by atoms with Crippen LogP contribution in [0.3, 0.4) is 0 Å². The van der Waals surface area contributed by atoms with Gasteiger partial charge in [-0.1, -0.05) is 19.1 Å². The Hall–Kier alpha value is -3.79. The lowest BCUT2D eigenvalue weighted by Gasteiger charge is -2.10. The van der Waals surface area contributed by atoms with Crippen LogP contribution in [-0.4, -0.2) is 17.7 Å². The maximum atomic E-state index is 12.0. The summed E-state index contributed by atoms with van der Waals surface area (Å²) in [6, 6.07) is 12.9. The number of aromatic hydroxyl groups is 1. The molecule has 0 spiro atoms. The van der Waals surface area contributed by atoms with Crippen LogP contribution in [0.4, 0.5) is 0 Å². The van der Waals surface area contributed by atoms with Gasteiger partial charge in [0.2, 0.25) is 0 Å². The number of rotatable bonds is 6. The molecule has 0 bridgehead atoms. The second kappa shape index (κ2) is 8.27. The van der Waals surface area contributed by atoms with Gasteiger partial charge in [0.15, 0.2) is 6.61 Å². The summed E-state index contributed by atoms with van der Waals surface area (Å²) in [5.74, 6) is -0.323. The lowest BCUT2D eigenvalue weighted by molar-refractivity contribution is -0.147. The van der Waals surface area contributed by atoms with Crippen LogP contribution in [0, 0.1) is 11.3 Å². The van der Waals surface area contributed by atoms with Gasteiger partial charge in [-0.05, 0) is 30.2 Å². The van der Waals surface area contributed by atoms with Crippen molar-refractivity contribution in [1.82, 2.24) is 0 Å². The largest absolute Gasteiger partial charge is 0.508 e. The fraction of sp³-hybridized carbons (Fsp3) is 0.190. The lowest BCUT2D eigenvalue weighted by Crippen LogP contribution is -2.15. The van der Waals surface area contributed by atoms with Gasteiger partial charge in [0, 0.05) is 23.1 Å². The Kier molecular flexibility index (Phi) is 5.61. The topological polar surface area (TPSA) is 110 Å². The van der Waals surface area contributed by atoms with Crippen LogP contribution in [0.5, 0.6) is 11.5 Å². The van der Waals surface area contributed by atoms with Crippen LogP contribution in [-0.2, 0) is 22.6 Å². The number of carbonyl (C=O) groups excluding carboxylic acids is 1. The number of carbonyl (C=O) groups is 1. The molecule has 0 radical (unpaired) electrons. The molecule has 3 rings (SSSR count). The average molecular weight is 379 g/mol. The van der Waals surface area contributed by atoms with Crippen molar-refractivity contribution in [2.24, 2.45) is 0 Å². The SMILES string of the molecule is CCc1cc2c(COC(=O)COc3ccccc3C#N)cc(=O)oc2cc1O. The number of aryl methyl sites for hydroxylation is 1. The molecule has 0 amide bonds. The Morgan fingerprint density at radius 2 is 2.00 bits per heavy atom. The first kappa shape index (κ1) is 19.0. The summed E-state index contributed by atoms with van der Waals surface area (Å²) in [6.45, 7) is 1.35. The Morgan fingerprint density at radius 1 is 1.21 bits per heavy atom. The van der Waals surface area contributed by atoms with E-state index in [0.717, 1.165) is 0 Å². The number of benzene rings is 2. The fourth-order valence-electron chi connectivity index (χ4n) is 2.73. The van der Waals surface area contributed by atoms with Gasteiger partial charge in [0.25, 0.3) is 0 Å². The average Bonchev–Trinajstić information content (AvgIpc) is 2.70. The minimum Gasteiger partial charge on any atom is -0.508 e. The molecular weight excluding hydrogens is 362 g/mol. The smallest absolute Gasteiger partial charge is 0.344 e. The minimum absolute atomic E-state index is 0.0388. The zero-order valence-electron chi connectivity index (χ0n) is 15.1. The molecule has 0 aliphatic rings. The lowest BCUT2D eigenvalue weighted by atomic mass is 10.0. The normalized spacial score (nSPS) is 10.4. The van der Waals surface area contributed by atoms with E-state index in [0.29, 0.717) is 28.5 Å².